The Balaban J connectivity index is 1.41. The number of nitrogens with zero attached hydrogens (tertiary/aromatic N) is 6. The van der Waals surface area contributed by atoms with Gasteiger partial charge in [0.25, 0.3) is 5.91 Å². The molecule has 4 aromatic rings. The monoisotopic (exact) mass is 449 g/mol. The molecule has 0 aliphatic carbocycles. The first-order valence-corrected chi connectivity index (χ1v) is 10.0. The van der Waals surface area contributed by atoms with Gasteiger partial charge in [-0.15, -0.1) is 0 Å². The van der Waals surface area contributed by atoms with Gasteiger partial charge in [-0.2, -0.15) is 10.4 Å². The van der Waals surface area contributed by atoms with Crippen LogP contribution in [0.25, 0.3) is 16.9 Å². The number of nitriles is 1. The minimum Gasteiger partial charge on any atom is -0.346 e. The predicted molar refractivity (Wildman–Crippen MR) is 116 cm³/mol. The molecular formula is C22H17ClFN7O. The van der Waals surface area contributed by atoms with Gasteiger partial charge < -0.3 is 9.88 Å². The predicted octanol–water partition coefficient (Wildman–Crippen LogP) is 3.61. The molecule has 4 rings (SSSR count). The van der Waals surface area contributed by atoms with Crippen molar-refractivity contribution in [2.24, 2.45) is 0 Å². The fraction of sp³-hybridized carbons (Fsp3) is 0.136. The molecule has 1 amide bonds. The van der Waals surface area contributed by atoms with Crippen molar-refractivity contribution in [3.05, 3.63) is 83.5 Å². The highest BCUT2D eigenvalue weighted by Gasteiger charge is 2.15. The van der Waals surface area contributed by atoms with E-state index in [0.717, 1.165) is 5.69 Å². The third-order valence-corrected chi connectivity index (χ3v) is 4.99. The van der Waals surface area contributed by atoms with Crippen molar-refractivity contribution in [3.63, 3.8) is 0 Å². The maximum atomic E-state index is 14.0. The van der Waals surface area contributed by atoms with Crippen molar-refractivity contribution in [2.45, 2.75) is 19.5 Å². The van der Waals surface area contributed by atoms with Gasteiger partial charge in [-0.3, -0.25) is 14.5 Å². The molecule has 32 heavy (non-hydrogen) atoms. The summed E-state index contributed by atoms with van der Waals surface area (Å²) in [6.07, 6.45) is 8.25. The number of benzene rings is 1. The molecule has 1 atom stereocenters. The fourth-order valence-electron chi connectivity index (χ4n) is 3.16. The van der Waals surface area contributed by atoms with Crippen LogP contribution in [0.3, 0.4) is 0 Å². The van der Waals surface area contributed by atoms with Crippen LogP contribution in [0.4, 0.5) is 4.39 Å². The number of nitrogens with one attached hydrogen (secondary N) is 1. The molecule has 1 aromatic carbocycles. The van der Waals surface area contributed by atoms with E-state index in [1.165, 1.54) is 12.1 Å². The molecule has 3 aromatic heterocycles. The van der Waals surface area contributed by atoms with E-state index in [9.17, 15) is 9.18 Å². The number of aromatic nitrogens is 5. The average molecular weight is 450 g/mol. The number of rotatable bonds is 6. The number of carbonyl (C=O) groups is 1. The first-order chi connectivity index (χ1) is 15.4. The van der Waals surface area contributed by atoms with Crippen LogP contribution in [0.1, 0.15) is 23.0 Å². The first-order valence-electron chi connectivity index (χ1n) is 9.63. The Morgan fingerprint density at radius 1 is 1.38 bits per heavy atom. The van der Waals surface area contributed by atoms with Crippen LogP contribution in [-0.4, -0.2) is 36.3 Å². The third-order valence-electron chi connectivity index (χ3n) is 4.69. The second kappa shape index (κ2) is 8.99. The van der Waals surface area contributed by atoms with Gasteiger partial charge in [0.15, 0.2) is 0 Å². The number of amides is 1. The summed E-state index contributed by atoms with van der Waals surface area (Å²) in [5.41, 5.74) is 1.85. The Kier molecular flexibility index (Phi) is 5.96. The summed E-state index contributed by atoms with van der Waals surface area (Å²) in [6.45, 7) is 2.23. The fourth-order valence-corrected chi connectivity index (χ4v) is 3.41. The van der Waals surface area contributed by atoms with Crippen molar-refractivity contribution in [2.75, 3.05) is 0 Å². The summed E-state index contributed by atoms with van der Waals surface area (Å²) in [7, 11) is 0. The zero-order valence-corrected chi connectivity index (χ0v) is 17.7. The minimum absolute atomic E-state index is 0.0309. The minimum atomic E-state index is -0.698. The van der Waals surface area contributed by atoms with E-state index in [1.54, 1.807) is 58.6 Å². The van der Waals surface area contributed by atoms with Crippen LogP contribution >= 0.6 is 11.6 Å². The smallest absolute Gasteiger partial charge is 0.271 e. The standard InChI is InChI=1S/C22H17ClFN7O/c1-14(28-22(32)21-12-30(13-27-21)16-3-2-5-26-10-16)11-31-6-4-20(29-31)15-7-18(23)17(9-25)19(24)8-15/h2-8,10,12-14H,11H2,1H3,(H,28,32)/t14-/m0/s1. The van der Waals surface area contributed by atoms with Crippen LogP contribution in [0.2, 0.25) is 5.02 Å². The summed E-state index contributed by atoms with van der Waals surface area (Å²) in [4.78, 5) is 20.7. The zero-order chi connectivity index (χ0) is 22.7. The molecule has 3 heterocycles. The highest BCUT2D eigenvalue weighted by molar-refractivity contribution is 6.32. The molecule has 8 nitrogen and oxygen atoms in total. The molecule has 0 aliphatic rings. The Hall–Kier alpha value is -4.03. The van der Waals surface area contributed by atoms with E-state index >= 15 is 0 Å². The van der Waals surface area contributed by atoms with E-state index in [0.29, 0.717) is 17.8 Å². The van der Waals surface area contributed by atoms with Gasteiger partial charge in [-0.05, 0) is 37.3 Å². The third kappa shape index (κ3) is 4.50. The highest BCUT2D eigenvalue weighted by atomic mass is 35.5. The van der Waals surface area contributed by atoms with Crippen molar-refractivity contribution in [3.8, 4) is 23.0 Å². The van der Waals surface area contributed by atoms with Crippen molar-refractivity contribution < 1.29 is 9.18 Å². The van der Waals surface area contributed by atoms with Crippen LogP contribution in [0.5, 0.6) is 0 Å². The Labute approximate surface area is 187 Å². The zero-order valence-electron chi connectivity index (χ0n) is 16.9. The maximum Gasteiger partial charge on any atom is 0.271 e. The summed E-state index contributed by atoms with van der Waals surface area (Å²) in [5.74, 6) is -1.01. The lowest BCUT2D eigenvalue weighted by Crippen LogP contribution is -2.36. The molecule has 0 radical (unpaired) electrons. The Morgan fingerprint density at radius 2 is 2.22 bits per heavy atom. The van der Waals surface area contributed by atoms with Crippen molar-refractivity contribution in [1.29, 1.82) is 5.26 Å². The molecule has 0 saturated heterocycles. The van der Waals surface area contributed by atoms with Gasteiger partial charge in [-0.1, -0.05) is 11.6 Å². The first kappa shape index (κ1) is 21.2. The molecule has 10 heteroatoms. The van der Waals surface area contributed by atoms with E-state index < -0.39 is 5.82 Å². The lowest BCUT2D eigenvalue weighted by molar-refractivity contribution is 0.0931. The Bertz CT molecular complexity index is 1290. The summed E-state index contributed by atoms with van der Waals surface area (Å²) in [5, 5.41) is 16.3. The Morgan fingerprint density at radius 3 is 2.94 bits per heavy atom. The molecule has 0 bridgehead atoms. The quantitative estimate of drug-likeness (QED) is 0.484. The molecule has 0 unspecified atom stereocenters. The number of halogens is 2. The van der Waals surface area contributed by atoms with E-state index in [4.69, 9.17) is 16.9 Å². The van der Waals surface area contributed by atoms with Gasteiger partial charge in [0.2, 0.25) is 0 Å². The van der Waals surface area contributed by atoms with Gasteiger partial charge in [0.1, 0.15) is 29.5 Å². The molecule has 0 fully saturated rings. The summed E-state index contributed by atoms with van der Waals surface area (Å²) in [6, 6.07) is 9.58. The molecular weight excluding hydrogens is 433 g/mol. The van der Waals surface area contributed by atoms with Gasteiger partial charge >= 0.3 is 0 Å². The second-order valence-electron chi connectivity index (χ2n) is 7.10. The number of carbonyl (C=O) groups excluding carboxylic acids is 1. The number of imidazole rings is 1. The highest BCUT2D eigenvalue weighted by Crippen LogP contribution is 2.26. The van der Waals surface area contributed by atoms with Crippen LogP contribution in [0.15, 0.2) is 61.4 Å². The lowest BCUT2D eigenvalue weighted by atomic mass is 10.1. The van der Waals surface area contributed by atoms with E-state index in [1.807, 2.05) is 13.0 Å². The van der Waals surface area contributed by atoms with Gasteiger partial charge in [-0.25, -0.2) is 9.37 Å². The molecule has 160 valence electrons. The maximum absolute atomic E-state index is 14.0. The van der Waals surface area contributed by atoms with Crippen LogP contribution < -0.4 is 5.32 Å². The number of hydrogen-bond acceptors (Lipinski definition) is 5. The number of hydrogen-bond donors (Lipinski definition) is 1. The summed E-state index contributed by atoms with van der Waals surface area (Å²) < 4.78 is 17.4. The normalized spacial score (nSPS) is 11.7. The van der Waals surface area contributed by atoms with Crippen LogP contribution in [-0.2, 0) is 6.54 Å². The average Bonchev–Trinajstić information content (AvgIpc) is 3.44. The molecule has 0 saturated carbocycles. The van der Waals surface area contributed by atoms with E-state index in [-0.39, 0.29) is 28.2 Å². The molecule has 0 aliphatic heterocycles. The van der Waals surface area contributed by atoms with Gasteiger partial charge in [0, 0.05) is 30.2 Å². The molecule has 1 N–H and O–H groups in total. The van der Waals surface area contributed by atoms with Crippen molar-refractivity contribution >= 4 is 17.5 Å². The topological polar surface area (TPSA) is 101 Å². The largest absolute Gasteiger partial charge is 0.346 e. The SMILES string of the molecule is C[C@@H](Cn1ccc(-c2cc(F)c(C#N)c(Cl)c2)n1)NC(=O)c1cn(-c2cccnc2)cn1. The second-order valence-corrected chi connectivity index (χ2v) is 7.51. The van der Waals surface area contributed by atoms with Crippen molar-refractivity contribution in [1.82, 2.24) is 29.6 Å². The van der Waals surface area contributed by atoms with Gasteiger partial charge in [0.05, 0.1) is 29.1 Å². The summed E-state index contributed by atoms with van der Waals surface area (Å²) >= 11 is 5.98. The number of pyridine rings is 1. The van der Waals surface area contributed by atoms with E-state index in [2.05, 4.69) is 20.4 Å². The molecule has 0 spiro atoms. The lowest BCUT2D eigenvalue weighted by Gasteiger charge is -2.13. The van der Waals surface area contributed by atoms with Crippen LogP contribution in [0, 0.1) is 17.1 Å².